The van der Waals surface area contributed by atoms with E-state index in [-0.39, 0.29) is 5.91 Å². The van der Waals surface area contributed by atoms with Crippen molar-refractivity contribution in [2.75, 3.05) is 5.75 Å². The molecule has 0 aliphatic rings. The third-order valence-electron chi connectivity index (χ3n) is 2.97. The fraction of sp³-hybridized carbons (Fsp3) is 0.538. The molecule has 0 atom stereocenters. The lowest BCUT2D eigenvalue weighted by Gasteiger charge is -2.26. The highest BCUT2D eigenvalue weighted by molar-refractivity contribution is 7.99. The van der Waals surface area contributed by atoms with Crippen molar-refractivity contribution in [3.8, 4) is 12.3 Å². The first kappa shape index (κ1) is 14.7. The lowest BCUT2D eigenvalue weighted by molar-refractivity contribution is -0.119. The average Bonchev–Trinajstić information content (AvgIpc) is 2.79. The Balaban J connectivity index is 2.52. The minimum atomic E-state index is -0.515. The van der Waals surface area contributed by atoms with E-state index in [1.165, 1.54) is 11.8 Å². The molecule has 0 fully saturated rings. The van der Waals surface area contributed by atoms with Crippen LogP contribution in [0, 0.1) is 12.3 Å². The van der Waals surface area contributed by atoms with Gasteiger partial charge in [0, 0.05) is 19.4 Å². The maximum atomic E-state index is 11.9. The summed E-state index contributed by atoms with van der Waals surface area (Å²) in [4.78, 5) is 16.0. The van der Waals surface area contributed by atoms with Gasteiger partial charge in [0.1, 0.15) is 5.54 Å². The number of carbonyl (C=O) groups excluding carboxylic acids is 1. The van der Waals surface area contributed by atoms with Gasteiger partial charge in [0.25, 0.3) is 0 Å². The molecule has 0 aromatic carbocycles. The molecule has 0 saturated carbocycles. The van der Waals surface area contributed by atoms with E-state index in [2.05, 4.69) is 16.2 Å². The normalized spacial score (nSPS) is 11.0. The molecule has 98 valence electrons. The molecule has 1 rings (SSSR count). The topological polar surface area (TPSA) is 46.9 Å². The molecule has 0 aliphatic carbocycles. The maximum Gasteiger partial charge on any atom is 0.231 e. The molecule has 0 aliphatic heterocycles. The molecule has 1 N–H and O–H groups in total. The summed E-state index contributed by atoms with van der Waals surface area (Å²) in [6.45, 7) is 3.96. The molecule has 0 saturated heterocycles. The van der Waals surface area contributed by atoms with Gasteiger partial charge in [-0.25, -0.2) is 4.98 Å². The van der Waals surface area contributed by atoms with Crippen LogP contribution in [0.3, 0.4) is 0 Å². The monoisotopic (exact) mass is 265 g/mol. The Bertz CT molecular complexity index is 443. The van der Waals surface area contributed by atoms with Crippen LogP contribution in [0.2, 0.25) is 0 Å². The Labute approximate surface area is 113 Å². The predicted molar refractivity (Wildman–Crippen MR) is 74.2 cm³/mol. The van der Waals surface area contributed by atoms with Crippen molar-refractivity contribution in [2.24, 2.45) is 7.05 Å². The summed E-state index contributed by atoms with van der Waals surface area (Å²) in [5.41, 5.74) is -0.515. The maximum absolute atomic E-state index is 11.9. The molecule has 1 aromatic rings. The lowest BCUT2D eigenvalue weighted by atomic mass is 9.94. The summed E-state index contributed by atoms with van der Waals surface area (Å²) in [7, 11) is 1.90. The summed E-state index contributed by atoms with van der Waals surface area (Å²) < 4.78 is 1.88. The van der Waals surface area contributed by atoms with Crippen LogP contribution >= 0.6 is 11.8 Å². The molecule has 5 heteroatoms. The minimum absolute atomic E-state index is 0.0513. The highest BCUT2D eigenvalue weighted by atomic mass is 32.2. The van der Waals surface area contributed by atoms with Crippen molar-refractivity contribution in [1.29, 1.82) is 0 Å². The fourth-order valence-corrected chi connectivity index (χ4v) is 2.32. The number of aryl methyl sites for hydroxylation is 1. The van der Waals surface area contributed by atoms with Gasteiger partial charge in [-0.05, 0) is 12.8 Å². The molecule has 0 spiro atoms. The largest absolute Gasteiger partial charge is 0.339 e. The molecular weight excluding hydrogens is 246 g/mol. The molecule has 0 radical (unpaired) electrons. The van der Waals surface area contributed by atoms with Crippen molar-refractivity contribution in [2.45, 2.75) is 37.4 Å². The molecule has 4 nitrogen and oxygen atoms in total. The van der Waals surface area contributed by atoms with Gasteiger partial charge in [-0.1, -0.05) is 31.5 Å². The molecule has 0 unspecified atom stereocenters. The van der Waals surface area contributed by atoms with Gasteiger partial charge in [-0.3, -0.25) is 4.79 Å². The number of hydrogen-bond acceptors (Lipinski definition) is 3. The Morgan fingerprint density at radius 3 is 2.72 bits per heavy atom. The fourth-order valence-electron chi connectivity index (χ4n) is 1.59. The number of thioether (sulfide) groups is 1. The van der Waals surface area contributed by atoms with Crippen molar-refractivity contribution in [1.82, 2.24) is 14.9 Å². The lowest BCUT2D eigenvalue weighted by Crippen LogP contribution is -2.47. The first-order valence-electron chi connectivity index (χ1n) is 5.95. The van der Waals surface area contributed by atoms with Gasteiger partial charge in [-0.15, -0.1) is 6.42 Å². The highest BCUT2D eigenvalue weighted by Crippen LogP contribution is 2.17. The van der Waals surface area contributed by atoms with E-state index in [0.29, 0.717) is 5.75 Å². The number of carbonyl (C=O) groups is 1. The number of nitrogens with zero attached hydrogens (tertiary/aromatic N) is 2. The van der Waals surface area contributed by atoms with Crippen LogP contribution < -0.4 is 5.32 Å². The minimum Gasteiger partial charge on any atom is -0.339 e. The molecule has 0 bridgehead atoms. The molecular formula is C13H19N3OS. The number of aromatic nitrogens is 2. The smallest absolute Gasteiger partial charge is 0.231 e. The van der Waals surface area contributed by atoms with Gasteiger partial charge < -0.3 is 9.88 Å². The second-order valence-corrected chi connectivity index (χ2v) is 5.03. The molecule has 1 amide bonds. The number of imidazole rings is 1. The van der Waals surface area contributed by atoms with Gasteiger partial charge in [0.05, 0.1) is 5.75 Å². The molecule has 1 heterocycles. The van der Waals surface area contributed by atoms with E-state index in [1.807, 2.05) is 31.7 Å². The zero-order valence-corrected chi connectivity index (χ0v) is 11.9. The summed E-state index contributed by atoms with van der Waals surface area (Å²) >= 11 is 1.41. The first-order valence-corrected chi connectivity index (χ1v) is 6.94. The highest BCUT2D eigenvalue weighted by Gasteiger charge is 2.25. The number of nitrogens with one attached hydrogen (secondary N) is 1. The summed E-state index contributed by atoms with van der Waals surface area (Å²) in [6.07, 6.45) is 10.5. The Hall–Kier alpha value is -1.41. The summed E-state index contributed by atoms with van der Waals surface area (Å²) in [5.74, 6) is 2.96. The van der Waals surface area contributed by atoms with Crippen molar-refractivity contribution < 1.29 is 4.79 Å². The third-order valence-corrected chi connectivity index (χ3v) is 4.03. The van der Waals surface area contributed by atoms with Crippen LogP contribution in [0.5, 0.6) is 0 Å². The van der Waals surface area contributed by atoms with Crippen molar-refractivity contribution in [3.63, 3.8) is 0 Å². The summed E-state index contributed by atoms with van der Waals surface area (Å²) in [6, 6.07) is 0. The van der Waals surface area contributed by atoms with Crippen LogP contribution in [-0.2, 0) is 11.8 Å². The Morgan fingerprint density at radius 2 is 2.28 bits per heavy atom. The van der Waals surface area contributed by atoms with Crippen molar-refractivity contribution in [3.05, 3.63) is 12.4 Å². The predicted octanol–water partition coefficient (Wildman–Crippen LogP) is 1.82. The number of hydrogen-bond donors (Lipinski definition) is 1. The van der Waals surface area contributed by atoms with E-state index in [4.69, 9.17) is 6.42 Å². The van der Waals surface area contributed by atoms with Gasteiger partial charge in [-0.2, -0.15) is 0 Å². The quantitative estimate of drug-likeness (QED) is 0.630. The zero-order chi connectivity index (χ0) is 13.6. The number of rotatable bonds is 6. The summed E-state index contributed by atoms with van der Waals surface area (Å²) in [5, 5.41) is 3.75. The van der Waals surface area contributed by atoms with Crippen LogP contribution in [0.4, 0.5) is 0 Å². The van der Waals surface area contributed by atoms with E-state index >= 15 is 0 Å². The van der Waals surface area contributed by atoms with Crippen LogP contribution in [0.15, 0.2) is 17.6 Å². The Kier molecular flexibility index (Phi) is 5.29. The number of amides is 1. The average molecular weight is 265 g/mol. The molecule has 18 heavy (non-hydrogen) atoms. The van der Waals surface area contributed by atoms with Crippen LogP contribution in [0.1, 0.15) is 26.7 Å². The van der Waals surface area contributed by atoms with Crippen LogP contribution in [-0.4, -0.2) is 26.8 Å². The van der Waals surface area contributed by atoms with E-state index in [9.17, 15) is 4.79 Å². The standard InChI is InChI=1S/C13H19N3OS/c1-5-13(6-2,7-3)15-11(17)10-18-12-14-8-9-16(12)4/h1,8-9H,6-7,10H2,2-4H3,(H,15,17). The van der Waals surface area contributed by atoms with Gasteiger partial charge in [0.2, 0.25) is 5.91 Å². The van der Waals surface area contributed by atoms with E-state index < -0.39 is 5.54 Å². The van der Waals surface area contributed by atoms with E-state index in [1.54, 1.807) is 6.20 Å². The SMILES string of the molecule is C#CC(CC)(CC)NC(=O)CSc1nccn1C. The molecule has 1 aromatic heterocycles. The second-order valence-electron chi connectivity index (χ2n) is 4.09. The van der Waals surface area contributed by atoms with E-state index in [0.717, 1.165) is 18.0 Å². The zero-order valence-electron chi connectivity index (χ0n) is 11.1. The van der Waals surface area contributed by atoms with Crippen LogP contribution in [0.25, 0.3) is 0 Å². The second kappa shape index (κ2) is 6.50. The van der Waals surface area contributed by atoms with Crippen molar-refractivity contribution >= 4 is 17.7 Å². The van der Waals surface area contributed by atoms with Gasteiger partial charge >= 0.3 is 0 Å². The third kappa shape index (κ3) is 3.54. The number of terminal acetylenes is 1. The van der Waals surface area contributed by atoms with Gasteiger partial charge in [0.15, 0.2) is 5.16 Å². The first-order chi connectivity index (χ1) is 8.56. The Morgan fingerprint density at radius 1 is 1.61 bits per heavy atom.